The predicted octanol–water partition coefficient (Wildman–Crippen LogP) is 3.63. The van der Waals surface area contributed by atoms with Gasteiger partial charge in [0.05, 0.1) is 15.7 Å². The quantitative estimate of drug-likeness (QED) is 0.433. The molecule has 28 heavy (non-hydrogen) atoms. The molecule has 0 bridgehead atoms. The number of hydrazine groups is 1. The van der Waals surface area contributed by atoms with Crippen LogP contribution in [0.4, 0.5) is 23.0 Å². The van der Waals surface area contributed by atoms with E-state index in [1.807, 2.05) is 18.2 Å². The molecule has 0 aliphatic carbocycles. The van der Waals surface area contributed by atoms with Crippen molar-refractivity contribution in [1.29, 1.82) is 0 Å². The number of nitrogens with two attached hydrogens (primary N) is 1. The summed E-state index contributed by atoms with van der Waals surface area (Å²) in [5.41, 5.74) is 11.9. The predicted molar refractivity (Wildman–Crippen MR) is 110 cm³/mol. The first-order valence-corrected chi connectivity index (χ1v) is 8.84. The molecule has 0 aliphatic rings. The highest BCUT2D eigenvalue weighted by Gasteiger charge is 2.12. The number of carbonyl (C=O) groups excluding carboxylic acids is 1. The number of amides is 1. The van der Waals surface area contributed by atoms with Gasteiger partial charge in [0.1, 0.15) is 17.8 Å². The summed E-state index contributed by atoms with van der Waals surface area (Å²) in [5, 5.41) is 3.71. The van der Waals surface area contributed by atoms with E-state index >= 15 is 0 Å². The third-order valence-corrected chi connectivity index (χ3v) is 4.34. The van der Waals surface area contributed by atoms with Crippen molar-refractivity contribution in [2.24, 2.45) is 0 Å². The van der Waals surface area contributed by atoms with Gasteiger partial charge in [0.15, 0.2) is 18.2 Å². The van der Waals surface area contributed by atoms with Crippen molar-refractivity contribution in [3.8, 4) is 5.75 Å². The van der Waals surface area contributed by atoms with E-state index in [1.165, 1.54) is 6.33 Å². The monoisotopic (exact) mass is 418 g/mol. The van der Waals surface area contributed by atoms with Crippen molar-refractivity contribution in [2.45, 2.75) is 0 Å². The fourth-order valence-electron chi connectivity index (χ4n) is 2.15. The summed E-state index contributed by atoms with van der Waals surface area (Å²) in [4.78, 5) is 20.0. The number of rotatable bonds is 7. The first-order valence-electron chi connectivity index (χ1n) is 8.09. The van der Waals surface area contributed by atoms with Crippen LogP contribution in [0.15, 0.2) is 54.9 Å². The van der Waals surface area contributed by atoms with Crippen LogP contribution in [0.25, 0.3) is 0 Å². The van der Waals surface area contributed by atoms with Crippen LogP contribution >= 0.6 is 23.2 Å². The highest BCUT2D eigenvalue weighted by atomic mass is 35.5. The van der Waals surface area contributed by atoms with Gasteiger partial charge in [-0.15, -0.1) is 0 Å². The number of halogens is 2. The fourth-order valence-corrected chi connectivity index (χ4v) is 2.50. The van der Waals surface area contributed by atoms with Crippen molar-refractivity contribution >= 4 is 52.1 Å². The largest absolute Gasteiger partial charge is 0.484 e. The number of nitrogens with one attached hydrogen (secondary N) is 3. The maximum absolute atomic E-state index is 11.9. The maximum Gasteiger partial charge on any atom is 0.276 e. The third-order valence-electron chi connectivity index (χ3n) is 3.52. The Balaban J connectivity index is 1.61. The number of carbonyl (C=O) groups is 1. The molecule has 144 valence electrons. The molecule has 10 heteroatoms. The van der Waals surface area contributed by atoms with Crippen LogP contribution in [0.5, 0.6) is 5.75 Å². The van der Waals surface area contributed by atoms with Gasteiger partial charge in [-0.1, -0.05) is 47.5 Å². The number of nitrogen functional groups attached to an aromatic ring is 1. The van der Waals surface area contributed by atoms with Crippen LogP contribution in [0.2, 0.25) is 10.0 Å². The summed E-state index contributed by atoms with van der Waals surface area (Å²) < 4.78 is 5.36. The smallest absolute Gasteiger partial charge is 0.276 e. The van der Waals surface area contributed by atoms with Gasteiger partial charge in [-0.2, -0.15) is 0 Å². The molecule has 1 aromatic heterocycles. The standard InChI is InChI=1S/C18H16Cl2N6O2/c19-12-7-4-8-13(15(12)20)24-17-16(21)18(23-10-22-17)26-25-14(27)9-28-11-5-2-1-3-6-11/h1-8,10H,9,21H2,(H,25,27)(H2,22,23,24,26). The number of ether oxygens (including phenoxy) is 1. The van der Waals surface area contributed by atoms with E-state index < -0.39 is 5.91 Å². The van der Waals surface area contributed by atoms with Gasteiger partial charge in [-0.25, -0.2) is 9.97 Å². The van der Waals surface area contributed by atoms with Crippen LogP contribution in [-0.4, -0.2) is 22.5 Å². The zero-order valence-corrected chi connectivity index (χ0v) is 16.0. The number of hydrogen-bond acceptors (Lipinski definition) is 7. The lowest BCUT2D eigenvalue weighted by molar-refractivity contribution is -0.122. The molecule has 2 aromatic carbocycles. The van der Waals surface area contributed by atoms with Crippen LogP contribution in [-0.2, 0) is 4.79 Å². The summed E-state index contributed by atoms with van der Waals surface area (Å²) in [6.45, 7) is -0.175. The third kappa shape index (κ3) is 4.93. The molecule has 1 amide bonds. The van der Waals surface area contributed by atoms with Crippen LogP contribution < -0.4 is 26.6 Å². The van der Waals surface area contributed by atoms with E-state index in [0.717, 1.165) is 0 Å². The van der Waals surface area contributed by atoms with Gasteiger partial charge >= 0.3 is 0 Å². The van der Waals surface area contributed by atoms with E-state index in [1.54, 1.807) is 30.3 Å². The van der Waals surface area contributed by atoms with Crippen molar-refractivity contribution in [3.05, 3.63) is 64.9 Å². The normalized spacial score (nSPS) is 10.2. The molecular formula is C18H16Cl2N6O2. The van der Waals surface area contributed by atoms with Gasteiger partial charge in [-0.3, -0.25) is 15.6 Å². The highest BCUT2D eigenvalue weighted by Crippen LogP contribution is 2.33. The first-order chi connectivity index (χ1) is 13.5. The van der Waals surface area contributed by atoms with Crippen molar-refractivity contribution in [1.82, 2.24) is 15.4 Å². The second-order valence-corrected chi connectivity index (χ2v) is 6.27. The van der Waals surface area contributed by atoms with Gasteiger partial charge in [0.25, 0.3) is 5.91 Å². The molecule has 3 rings (SSSR count). The SMILES string of the molecule is Nc1c(NNC(=O)COc2ccccc2)ncnc1Nc1cccc(Cl)c1Cl. The number of nitrogens with zero attached hydrogens (tertiary/aromatic N) is 2. The summed E-state index contributed by atoms with van der Waals surface area (Å²) in [6.07, 6.45) is 1.28. The van der Waals surface area contributed by atoms with E-state index in [4.69, 9.17) is 33.7 Å². The van der Waals surface area contributed by atoms with E-state index in [-0.39, 0.29) is 18.1 Å². The van der Waals surface area contributed by atoms with Gasteiger partial charge in [0.2, 0.25) is 0 Å². The number of para-hydroxylation sites is 1. The molecule has 3 aromatic rings. The van der Waals surface area contributed by atoms with Gasteiger partial charge in [-0.05, 0) is 24.3 Å². The average molecular weight is 419 g/mol. The lowest BCUT2D eigenvalue weighted by Gasteiger charge is -2.14. The molecule has 0 spiro atoms. The Kier molecular flexibility index (Phi) is 6.36. The van der Waals surface area contributed by atoms with E-state index in [2.05, 4.69) is 26.1 Å². The lowest BCUT2D eigenvalue weighted by Crippen LogP contribution is -2.34. The Morgan fingerprint density at radius 3 is 2.57 bits per heavy atom. The number of aromatic nitrogens is 2. The molecule has 5 N–H and O–H groups in total. The second-order valence-electron chi connectivity index (χ2n) is 5.49. The molecule has 1 heterocycles. The molecule has 0 radical (unpaired) electrons. The molecule has 0 saturated heterocycles. The lowest BCUT2D eigenvalue weighted by atomic mass is 10.3. The molecular weight excluding hydrogens is 403 g/mol. The number of hydrogen-bond donors (Lipinski definition) is 4. The topological polar surface area (TPSA) is 114 Å². The van der Waals surface area contributed by atoms with Crippen molar-refractivity contribution < 1.29 is 9.53 Å². The molecule has 0 fully saturated rings. The Morgan fingerprint density at radius 2 is 1.79 bits per heavy atom. The Hall–Kier alpha value is -3.23. The Bertz CT molecular complexity index is 972. The Labute approximate surface area is 171 Å². The minimum atomic E-state index is -0.408. The van der Waals surface area contributed by atoms with E-state index in [9.17, 15) is 4.79 Å². The second kappa shape index (κ2) is 9.12. The summed E-state index contributed by atoms with van der Waals surface area (Å²) in [6, 6.07) is 14.1. The highest BCUT2D eigenvalue weighted by molar-refractivity contribution is 6.43. The van der Waals surface area contributed by atoms with Crippen molar-refractivity contribution in [2.75, 3.05) is 23.1 Å². The average Bonchev–Trinajstić information content (AvgIpc) is 2.71. The molecule has 0 atom stereocenters. The Morgan fingerprint density at radius 1 is 1.04 bits per heavy atom. The van der Waals surface area contributed by atoms with Gasteiger partial charge < -0.3 is 15.8 Å². The first kappa shape index (κ1) is 19.5. The molecule has 8 nitrogen and oxygen atoms in total. The minimum Gasteiger partial charge on any atom is -0.484 e. The zero-order valence-electron chi connectivity index (χ0n) is 14.4. The maximum atomic E-state index is 11.9. The summed E-state index contributed by atoms with van der Waals surface area (Å²) in [5.74, 6) is 0.693. The summed E-state index contributed by atoms with van der Waals surface area (Å²) >= 11 is 12.2. The molecule has 0 aliphatic heterocycles. The number of anilines is 4. The zero-order chi connectivity index (χ0) is 19.9. The minimum absolute atomic E-state index is 0.175. The fraction of sp³-hybridized carbons (Fsp3) is 0.0556. The van der Waals surface area contributed by atoms with Crippen LogP contribution in [0.3, 0.4) is 0 Å². The van der Waals surface area contributed by atoms with E-state index in [0.29, 0.717) is 27.3 Å². The van der Waals surface area contributed by atoms with Crippen LogP contribution in [0, 0.1) is 0 Å². The van der Waals surface area contributed by atoms with Crippen molar-refractivity contribution in [3.63, 3.8) is 0 Å². The summed E-state index contributed by atoms with van der Waals surface area (Å²) in [7, 11) is 0. The molecule has 0 unspecified atom stereocenters. The van der Waals surface area contributed by atoms with Crippen LogP contribution in [0.1, 0.15) is 0 Å². The molecule has 0 saturated carbocycles. The van der Waals surface area contributed by atoms with Gasteiger partial charge in [0, 0.05) is 0 Å². The number of benzene rings is 2.